The van der Waals surface area contributed by atoms with Crippen LogP contribution >= 0.6 is 0 Å². The van der Waals surface area contributed by atoms with Crippen molar-refractivity contribution in [3.05, 3.63) is 93.3 Å². The first-order chi connectivity index (χ1) is 20.0. The summed E-state index contributed by atoms with van der Waals surface area (Å²) >= 11 is 0. The van der Waals surface area contributed by atoms with Gasteiger partial charge < -0.3 is 18.6 Å². The van der Waals surface area contributed by atoms with Crippen molar-refractivity contribution in [3.8, 4) is 0 Å². The highest BCUT2D eigenvalue weighted by atomic mass is 28.4. The van der Waals surface area contributed by atoms with Gasteiger partial charge in [-0.1, -0.05) is 81.4 Å². The van der Waals surface area contributed by atoms with Crippen LogP contribution in [0.1, 0.15) is 39.5 Å². The summed E-state index contributed by atoms with van der Waals surface area (Å²) in [5, 5.41) is 1.81. The van der Waals surface area contributed by atoms with E-state index in [1.165, 1.54) is 10.8 Å². The topological polar surface area (TPSA) is 126 Å². The van der Waals surface area contributed by atoms with Crippen molar-refractivity contribution >= 4 is 30.6 Å². The Bertz CT molecular complexity index is 1520. The molecule has 3 heterocycles. The quantitative estimate of drug-likeness (QED) is 0.239. The van der Waals surface area contributed by atoms with E-state index in [1.807, 2.05) is 36.4 Å². The van der Waals surface area contributed by atoms with Gasteiger partial charge in [-0.3, -0.25) is 23.9 Å². The van der Waals surface area contributed by atoms with Gasteiger partial charge in [-0.05, 0) is 29.3 Å². The molecule has 2 aliphatic heterocycles. The molecule has 222 valence electrons. The highest BCUT2D eigenvalue weighted by Crippen LogP contribution is 2.47. The number of ether oxygens (including phenoxy) is 3. The SMILES string of the molecule is CCOC(=O)[C@H]1C(=O)O[C@H]2[C@@H]1[C@H](n1cc(C)c(=O)[nH]c1=O)O[C@@H]2CO[Si](c1ccccc1)(c1ccccc1)C(C)(C)C. The summed E-state index contributed by atoms with van der Waals surface area (Å²) in [5.41, 5.74) is -0.970. The molecular formula is C31H36N2O8Si. The van der Waals surface area contributed by atoms with Crippen LogP contribution in [0.2, 0.25) is 5.04 Å². The molecule has 5 atom stereocenters. The zero-order valence-electron chi connectivity index (χ0n) is 24.4. The van der Waals surface area contributed by atoms with Crippen LogP contribution in [-0.2, 0) is 28.2 Å². The first-order valence-corrected chi connectivity index (χ1v) is 16.0. The van der Waals surface area contributed by atoms with Crippen LogP contribution in [-0.4, -0.2) is 55.2 Å². The molecular weight excluding hydrogens is 556 g/mol. The van der Waals surface area contributed by atoms with Gasteiger partial charge in [-0.15, -0.1) is 0 Å². The van der Waals surface area contributed by atoms with Crippen LogP contribution in [0.5, 0.6) is 0 Å². The molecule has 0 aliphatic carbocycles. The molecule has 1 N–H and O–H groups in total. The van der Waals surface area contributed by atoms with Gasteiger partial charge in [0.05, 0.1) is 19.1 Å². The molecule has 0 saturated carbocycles. The average molecular weight is 593 g/mol. The second-order valence-electron chi connectivity index (χ2n) is 11.7. The molecule has 0 radical (unpaired) electrons. The lowest BCUT2D eigenvalue weighted by Gasteiger charge is -2.43. The number of nitrogens with one attached hydrogen (secondary N) is 1. The van der Waals surface area contributed by atoms with Crippen LogP contribution in [0, 0.1) is 18.8 Å². The Labute approximate surface area is 244 Å². The van der Waals surface area contributed by atoms with Crippen LogP contribution in [0.3, 0.4) is 0 Å². The van der Waals surface area contributed by atoms with Gasteiger partial charge >= 0.3 is 17.6 Å². The van der Waals surface area contributed by atoms with Crippen LogP contribution < -0.4 is 21.6 Å². The summed E-state index contributed by atoms with van der Waals surface area (Å²) < 4.78 is 25.7. The fourth-order valence-electron chi connectivity index (χ4n) is 6.25. The molecule has 2 saturated heterocycles. The zero-order valence-corrected chi connectivity index (χ0v) is 25.4. The minimum absolute atomic E-state index is 0.0326. The number of H-pyrrole nitrogens is 1. The third kappa shape index (κ3) is 5.05. The summed E-state index contributed by atoms with van der Waals surface area (Å²) in [4.78, 5) is 53.4. The molecule has 0 unspecified atom stereocenters. The predicted octanol–water partition coefficient (Wildman–Crippen LogP) is 2.04. The molecule has 0 bridgehead atoms. The van der Waals surface area contributed by atoms with E-state index in [0.717, 1.165) is 10.4 Å². The van der Waals surface area contributed by atoms with E-state index in [9.17, 15) is 19.2 Å². The molecule has 3 aromatic rings. The summed E-state index contributed by atoms with van der Waals surface area (Å²) in [6, 6.07) is 20.2. The van der Waals surface area contributed by atoms with E-state index in [4.69, 9.17) is 18.6 Å². The number of fused-ring (bicyclic) bond motifs is 1. The second kappa shape index (κ2) is 11.5. The fraction of sp³-hybridized carbons (Fsp3) is 0.419. The van der Waals surface area contributed by atoms with E-state index in [-0.39, 0.29) is 23.8 Å². The molecule has 2 fully saturated rings. The van der Waals surface area contributed by atoms with Crippen LogP contribution in [0.25, 0.3) is 0 Å². The van der Waals surface area contributed by atoms with E-state index >= 15 is 0 Å². The van der Waals surface area contributed by atoms with E-state index in [0.29, 0.717) is 0 Å². The number of aromatic amines is 1. The van der Waals surface area contributed by atoms with Crippen molar-refractivity contribution in [2.45, 2.75) is 58.1 Å². The van der Waals surface area contributed by atoms with Crippen molar-refractivity contribution < 1.29 is 28.2 Å². The van der Waals surface area contributed by atoms with Crippen molar-refractivity contribution in [2.24, 2.45) is 11.8 Å². The summed E-state index contributed by atoms with van der Waals surface area (Å²) in [5.74, 6) is -3.64. The Hall–Kier alpha value is -3.80. The number of benzene rings is 2. The monoisotopic (exact) mass is 592 g/mol. The predicted molar refractivity (Wildman–Crippen MR) is 157 cm³/mol. The van der Waals surface area contributed by atoms with Crippen molar-refractivity contribution in [1.29, 1.82) is 0 Å². The van der Waals surface area contributed by atoms with Crippen LogP contribution in [0.4, 0.5) is 0 Å². The molecule has 1 aromatic heterocycles. The minimum Gasteiger partial charge on any atom is -0.465 e. The van der Waals surface area contributed by atoms with E-state index < -0.39 is 61.8 Å². The number of hydrogen-bond acceptors (Lipinski definition) is 8. The highest BCUT2D eigenvalue weighted by molar-refractivity contribution is 6.99. The Kier molecular flexibility index (Phi) is 8.10. The highest BCUT2D eigenvalue weighted by Gasteiger charge is 2.62. The Morgan fingerprint density at radius 2 is 1.60 bits per heavy atom. The number of carbonyl (C=O) groups excluding carboxylic acids is 2. The largest absolute Gasteiger partial charge is 0.465 e. The summed E-state index contributed by atoms with van der Waals surface area (Å²) in [6.07, 6.45) is -1.38. The third-order valence-corrected chi connectivity index (χ3v) is 13.1. The maximum atomic E-state index is 13.1. The number of aromatic nitrogens is 2. The Morgan fingerprint density at radius 1 is 1.00 bits per heavy atom. The van der Waals surface area contributed by atoms with Gasteiger partial charge in [-0.2, -0.15) is 0 Å². The van der Waals surface area contributed by atoms with E-state index in [2.05, 4.69) is 50.0 Å². The molecule has 0 amide bonds. The minimum atomic E-state index is -2.99. The number of hydrogen-bond donors (Lipinski definition) is 1. The summed E-state index contributed by atoms with van der Waals surface area (Å²) in [6.45, 7) is 9.76. The smallest absolute Gasteiger partial charge is 0.330 e. The van der Waals surface area contributed by atoms with Gasteiger partial charge in [0.1, 0.15) is 18.4 Å². The van der Waals surface area contributed by atoms with Crippen LogP contribution in [0.15, 0.2) is 76.4 Å². The Morgan fingerprint density at radius 3 is 2.14 bits per heavy atom. The van der Waals surface area contributed by atoms with Gasteiger partial charge in [0.15, 0.2) is 5.92 Å². The number of carbonyl (C=O) groups is 2. The second-order valence-corrected chi connectivity index (χ2v) is 16.0. The number of esters is 2. The lowest BCUT2D eigenvalue weighted by Crippen LogP contribution is -2.67. The maximum Gasteiger partial charge on any atom is 0.330 e. The van der Waals surface area contributed by atoms with Gasteiger partial charge in [0.25, 0.3) is 13.9 Å². The first kappa shape index (κ1) is 29.7. The molecule has 42 heavy (non-hydrogen) atoms. The fourth-order valence-corrected chi connectivity index (χ4v) is 10.8. The van der Waals surface area contributed by atoms with Crippen molar-refractivity contribution in [2.75, 3.05) is 13.2 Å². The molecule has 0 spiro atoms. The average Bonchev–Trinajstić information content (AvgIpc) is 3.47. The first-order valence-electron chi connectivity index (χ1n) is 14.1. The number of rotatable bonds is 8. The lowest BCUT2D eigenvalue weighted by molar-refractivity contribution is -0.162. The van der Waals surface area contributed by atoms with Crippen molar-refractivity contribution in [3.63, 3.8) is 0 Å². The molecule has 2 aromatic carbocycles. The standard InChI is InChI=1S/C31H36N2O8Si/c1-6-38-28(35)24-23-25(41-29(24)36)22(40-27(23)33-17-19(2)26(34)32-30(33)37)18-39-42(31(3,4)5,20-13-9-7-10-14-20)21-15-11-8-12-16-21/h7-17,22-25,27H,6,18H2,1-5H3,(H,32,34,37)/t22-,23-,24+,25-,27-/m1/s1. The third-order valence-electron chi connectivity index (χ3n) is 8.12. The molecule has 2 aliphatic rings. The molecule has 10 nitrogen and oxygen atoms in total. The van der Waals surface area contributed by atoms with Crippen molar-refractivity contribution in [1.82, 2.24) is 9.55 Å². The lowest BCUT2D eigenvalue weighted by atomic mass is 9.88. The van der Waals surface area contributed by atoms with E-state index in [1.54, 1.807) is 13.8 Å². The van der Waals surface area contributed by atoms with Gasteiger partial charge in [-0.25, -0.2) is 4.79 Å². The van der Waals surface area contributed by atoms with Gasteiger partial charge in [0.2, 0.25) is 0 Å². The number of nitrogens with zero attached hydrogens (tertiary/aromatic N) is 1. The van der Waals surface area contributed by atoms with Gasteiger partial charge in [0, 0.05) is 11.8 Å². The normalized spacial score (nSPS) is 23.8. The number of aryl methyl sites for hydroxylation is 1. The summed E-state index contributed by atoms with van der Waals surface area (Å²) in [7, 11) is -2.99. The zero-order chi connectivity index (χ0) is 30.2. The molecule has 5 rings (SSSR count). The Balaban J connectivity index is 1.57. The maximum absolute atomic E-state index is 13.1. The molecule has 11 heteroatoms.